The summed E-state index contributed by atoms with van der Waals surface area (Å²) in [5.74, 6) is -0.207. The summed E-state index contributed by atoms with van der Waals surface area (Å²) in [6, 6.07) is 1.76. The Labute approximate surface area is 152 Å². The van der Waals surface area contributed by atoms with Gasteiger partial charge >= 0.3 is 0 Å². The summed E-state index contributed by atoms with van der Waals surface area (Å²) in [7, 11) is 1.86. The van der Waals surface area contributed by atoms with Crippen LogP contribution in [0, 0.1) is 13.8 Å². The van der Waals surface area contributed by atoms with Crippen LogP contribution in [0.4, 0.5) is 0 Å². The number of nitrogens with one attached hydrogen (secondary N) is 1. The molecular weight excluding hydrogens is 328 g/mol. The summed E-state index contributed by atoms with van der Waals surface area (Å²) in [6.45, 7) is 9.76. The molecule has 0 aromatic carbocycles. The van der Waals surface area contributed by atoms with Gasteiger partial charge in [-0.05, 0) is 32.4 Å². The number of nitrogens with zero attached hydrogens (tertiary/aromatic N) is 5. The zero-order chi connectivity index (χ0) is 18.8. The minimum Gasteiger partial charge on any atom is -0.346 e. The van der Waals surface area contributed by atoms with Gasteiger partial charge in [-0.3, -0.25) is 9.48 Å². The number of carbonyl (C=O) groups excluding carboxylic acids is 1. The molecule has 0 bridgehead atoms. The van der Waals surface area contributed by atoms with E-state index >= 15 is 0 Å². The molecule has 7 nitrogen and oxygen atoms in total. The van der Waals surface area contributed by atoms with Crippen LogP contribution in [0.5, 0.6) is 0 Å². The first kappa shape index (κ1) is 17.6. The number of allylic oxidation sites excluding steroid dienone is 2. The molecule has 3 rings (SSSR count). The maximum absolute atomic E-state index is 12.6. The van der Waals surface area contributed by atoms with Crippen molar-refractivity contribution >= 4 is 17.1 Å². The molecule has 0 aliphatic heterocycles. The molecule has 3 aromatic heterocycles. The fourth-order valence-corrected chi connectivity index (χ4v) is 2.71. The molecule has 0 spiro atoms. The van der Waals surface area contributed by atoms with Crippen LogP contribution >= 0.6 is 0 Å². The number of aromatic nitrogens is 5. The minimum absolute atomic E-state index is 0.170. The van der Waals surface area contributed by atoms with Gasteiger partial charge in [-0.25, -0.2) is 9.50 Å². The van der Waals surface area contributed by atoms with E-state index in [1.54, 1.807) is 21.6 Å². The second kappa shape index (κ2) is 6.95. The summed E-state index contributed by atoms with van der Waals surface area (Å²) in [6.07, 6.45) is 8.97. The number of carbonyl (C=O) groups is 1. The van der Waals surface area contributed by atoms with Crippen LogP contribution in [-0.4, -0.2) is 36.3 Å². The average Bonchev–Trinajstić information content (AvgIpc) is 3.19. The molecule has 26 heavy (non-hydrogen) atoms. The monoisotopic (exact) mass is 350 g/mol. The van der Waals surface area contributed by atoms with Crippen molar-refractivity contribution in [2.75, 3.05) is 0 Å². The van der Waals surface area contributed by atoms with Crippen molar-refractivity contribution in [3.63, 3.8) is 0 Å². The van der Waals surface area contributed by atoms with Gasteiger partial charge in [0.05, 0.1) is 12.4 Å². The number of hydrogen-bond donors (Lipinski definition) is 1. The van der Waals surface area contributed by atoms with Crippen LogP contribution < -0.4 is 5.32 Å². The molecular formula is C19H22N6O. The van der Waals surface area contributed by atoms with Gasteiger partial charge in [0.25, 0.3) is 5.91 Å². The third-order valence-corrected chi connectivity index (χ3v) is 4.04. The quantitative estimate of drug-likeness (QED) is 0.717. The predicted octanol–water partition coefficient (Wildman–Crippen LogP) is 2.47. The fourth-order valence-electron chi connectivity index (χ4n) is 2.71. The lowest BCUT2D eigenvalue weighted by atomic mass is 10.1. The van der Waals surface area contributed by atoms with E-state index in [0.29, 0.717) is 11.2 Å². The predicted molar refractivity (Wildman–Crippen MR) is 101 cm³/mol. The van der Waals surface area contributed by atoms with Crippen LogP contribution in [-0.2, 0) is 7.05 Å². The smallest absolute Gasteiger partial charge is 0.257 e. The summed E-state index contributed by atoms with van der Waals surface area (Å²) >= 11 is 0. The van der Waals surface area contributed by atoms with E-state index < -0.39 is 0 Å². The first-order valence-corrected chi connectivity index (χ1v) is 8.34. The van der Waals surface area contributed by atoms with E-state index in [1.165, 1.54) is 0 Å². The molecule has 0 radical (unpaired) electrons. The largest absolute Gasteiger partial charge is 0.346 e. The van der Waals surface area contributed by atoms with Crippen molar-refractivity contribution in [2.24, 2.45) is 7.05 Å². The molecule has 1 atom stereocenters. The number of amides is 1. The zero-order valence-corrected chi connectivity index (χ0v) is 15.4. The zero-order valence-electron chi connectivity index (χ0n) is 15.4. The third-order valence-electron chi connectivity index (χ3n) is 4.04. The van der Waals surface area contributed by atoms with Gasteiger partial charge < -0.3 is 5.32 Å². The van der Waals surface area contributed by atoms with E-state index in [1.807, 2.05) is 52.2 Å². The molecule has 0 fully saturated rings. The van der Waals surface area contributed by atoms with Gasteiger partial charge in [-0.15, -0.1) is 0 Å². The first-order chi connectivity index (χ1) is 12.3. The van der Waals surface area contributed by atoms with Crippen molar-refractivity contribution in [1.82, 2.24) is 29.7 Å². The SMILES string of the molecule is C=C(/C=C\C(C)NC(=O)c1cnn2c(C)cc(C)nc12)c1cnn(C)c1. The number of rotatable bonds is 5. The van der Waals surface area contributed by atoms with Crippen LogP contribution in [0.15, 0.2) is 43.4 Å². The van der Waals surface area contributed by atoms with Crippen molar-refractivity contribution in [3.8, 4) is 0 Å². The lowest BCUT2D eigenvalue weighted by molar-refractivity contribution is 0.0948. The maximum Gasteiger partial charge on any atom is 0.257 e. The van der Waals surface area contributed by atoms with E-state index in [0.717, 1.165) is 22.5 Å². The van der Waals surface area contributed by atoms with Gasteiger partial charge in [0, 0.05) is 36.2 Å². The lowest BCUT2D eigenvalue weighted by Crippen LogP contribution is -2.31. The highest BCUT2D eigenvalue weighted by molar-refractivity contribution is 5.99. The van der Waals surface area contributed by atoms with Gasteiger partial charge in [-0.1, -0.05) is 18.7 Å². The van der Waals surface area contributed by atoms with Crippen molar-refractivity contribution < 1.29 is 4.79 Å². The highest BCUT2D eigenvalue weighted by Crippen LogP contribution is 2.14. The molecule has 134 valence electrons. The molecule has 1 amide bonds. The molecule has 3 aromatic rings. The Morgan fingerprint density at radius 1 is 1.31 bits per heavy atom. The molecule has 0 aliphatic rings. The summed E-state index contributed by atoms with van der Waals surface area (Å²) in [5.41, 5.74) is 4.60. The first-order valence-electron chi connectivity index (χ1n) is 8.34. The van der Waals surface area contributed by atoms with Crippen molar-refractivity contribution in [3.05, 3.63) is 65.9 Å². The molecule has 0 saturated carbocycles. The highest BCUT2D eigenvalue weighted by Gasteiger charge is 2.16. The van der Waals surface area contributed by atoms with E-state index in [-0.39, 0.29) is 11.9 Å². The Morgan fingerprint density at radius 2 is 2.08 bits per heavy atom. The average molecular weight is 350 g/mol. The van der Waals surface area contributed by atoms with Crippen molar-refractivity contribution in [2.45, 2.75) is 26.8 Å². The van der Waals surface area contributed by atoms with Gasteiger partial charge in [0.15, 0.2) is 5.65 Å². The van der Waals surface area contributed by atoms with Gasteiger partial charge in [0.2, 0.25) is 0 Å². The summed E-state index contributed by atoms with van der Waals surface area (Å²) in [5, 5.41) is 11.3. The molecule has 0 aliphatic carbocycles. The number of hydrogen-bond acceptors (Lipinski definition) is 4. The standard InChI is InChI=1S/C19H22N6O/c1-12(16-9-20-24(5)11-16)6-7-13(2)23-19(26)17-10-21-25-15(4)8-14(3)22-18(17)25/h6-11,13H,1H2,2-5H3,(H,23,26)/b7-6-. The highest BCUT2D eigenvalue weighted by atomic mass is 16.1. The Kier molecular flexibility index (Phi) is 4.71. The fraction of sp³-hybridized carbons (Fsp3) is 0.263. The Balaban J connectivity index is 1.71. The molecule has 0 saturated heterocycles. The lowest BCUT2D eigenvalue weighted by Gasteiger charge is -2.09. The minimum atomic E-state index is -0.207. The molecule has 3 heterocycles. The van der Waals surface area contributed by atoms with Crippen LogP contribution in [0.1, 0.15) is 34.2 Å². The van der Waals surface area contributed by atoms with Gasteiger partial charge in [0.1, 0.15) is 5.56 Å². The topological polar surface area (TPSA) is 77.1 Å². The number of fused-ring (bicyclic) bond motifs is 1. The molecule has 1 N–H and O–H groups in total. The van der Waals surface area contributed by atoms with Gasteiger partial charge in [-0.2, -0.15) is 10.2 Å². The molecule has 7 heteroatoms. The van der Waals surface area contributed by atoms with E-state index in [4.69, 9.17) is 0 Å². The summed E-state index contributed by atoms with van der Waals surface area (Å²) < 4.78 is 3.40. The Bertz CT molecular complexity index is 1010. The third kappa shape index (κ3) is 3.56. The maximum atomic E-state index is 12.6. The number of aryl methyl sites for hydroxylation is 3. The van der Waals surface area contributed by atoms with Crippen LogP contribution in [0.3, 0.4) is 0 Å². The summed E-state index contributed by atoms with van der Waals surface area (Å²) in [4.78, 5) is 17.0. The van der Waals surface area contributed by atoms with Crippen LogP contribution in [0.2, 0.25) is 0 Å². The normalized spacial score (nSPS) is 12.6. The van der Waals surface area contributed by atoms with E-state index in [9.17, 15) is 4.79 Å². The molecule has 1 unspecified atom stereocenters. The van der Waals surface area contributed by atoms with E-state index in [2.05, 4.69) is 27.1 Å². The van der Waals surface area contributed by atoms with Crippen LogP contribution in [0.25, 0.3) is 11.2 Å². The second-order valence-electron chi connectivity index (χ2n) is 6.38. The second-order valence-corrected chi connectivity index (χ2v) is 6.38. The Hall–Kier alpha value is -3.22. The van der Waals surface area contributed by atoms with Crippen molar-refractivity contribution in [1.29, 1.82) is 0 Å². The Morgan fingerprint density at radius 3 is 2.77 bits per heavy atom.